The van der Waals surface area contributed by atoms with Crippen LogP contribution in [0.5, 0.6) is 5.75 Å². The summed E-state index contributed by atoms with van der Waals surface area (Å²) < 4.78 is 5.61. The minimum atomic E-state index is -0.627. The van der Waals surface area contributed by atoms with Gasteiger partial charge in [-0.1, -0.05) is 41.4 Å². The summed E-state index contributed by atoms with van der Waals surface area (Å²) >= 11 is 6.05. The molecule has 2 amide bonds. The van der Waals surface area contributed by atoms with E-state index < -0.39 is 6.04 Å². The second-order valence-electron chi connectivity index (χ2n) is 6.32. The van der Waals surface area contributed by atoms with Crippen molar-refractivity contribution in [3.8, 4) is 5.75 Å². The maximum absolute atomic E-state index is 12.8. The molecule has 2 aromatic carbocycles. The molecule has 0 saturated carbocycles. The molecule has 0 aliphatic heterocycles. The van der Waals surface area contributed by atoms with Crippen molar-refractivity contribution in [2.24, 2.45) is 0 Å². The zero-order valence-electron chi connectivity index (χ0n) is 15.9. The van der Waals surface area contributed by atoms with Gasteiger partial charge in [0.15, 0.2) is 6.61 Å². The molecular weight excluding hydrogens is 364 g/mol. The summed E-state index contributed by atoms with van der Waals surface area (Å²) in [5.74, 6) is 0.139. The molecule has 27 heavy (non-hydrogen) atoms. The second kappa shape index (κ2) is 9.97. The van der Waals surface area contributed by atoms with E-state index in [0.717, 1.165) is 11.1 Å². The van der Waals surface area contributed by atoms with Crippen molar-refractivity contribution in [3.63, 3.8) is 0 Å². The molecule has 5 nitrogen and oxygen atoms in total. The van der Waals surface area contributed by atoms with Crippen LogP contribution >= 0.6 is 11.6 Å². The zero-order valence-corrected chi connectivity index (χ0v) is 16.6. The Hall–Kier alpha value is -2.53. The first-order valence-electron chi connectivity index (χ1n) is 8.91. The van der Waals surface area contributed by atoms with Crippen molar-refractivity contribution in [2.45, 2.75) is 33.4 Å². The number of carbonyl (C=O) groups is 2. The van der Waals surface area contributed by atoms with Crippen molar-refractivity contribution in [2.75, 3.05) is 13.2 Å². The number of hydrogen-bond donors (Lipinski definition) is 1. The van der Waals surface area contributed by atoms with Crippen LogP contribution in [0.4, 0.5) is 0 Å². The van der Waals surface area contributed by atoms with E-state index in [-0.39, 0.29) is 25.0 Å². The van der Waals surface area contributed by atoms with Crippen molar-refractivity contribution >= 4 is 23.4 Å². The average Bonchev–Trinajstić information content (AvgIpc) is 2.65. The number of hydrogen-bond acceptors (Lipinski definition) is 3. The largest absolute Gasteiger partial charge is 0.484 e. The lowest BCUT2D eigenvalue weighted by Crippen LogP contribution is -2.49. The summed E-state index contributed by atoms with van der Waals surface area (Å²) in [6, 6.07) is 14.1. The number of likely N-dealkylation sites (N-methyl/N-ethyl adjacent to an activating group) is 1. The van der Waals surface area contributed by atoms with Gasteiger partial charge in [0, 0.05) is 18.1 Å². The van der Waals surface area contributed by atoms with Crippen molar-refractivity contribution in [1.29, 1.82) is 0 Å². The van der Waals surface area contributed by atoms with E-state index in [9.17, 15) is 9.59 Å². The van der Waals surface area contributed by atoms with Gasteiger partial charge >= 0.3 is 0 Å². The van der Waals surface area contributed by atoms with Gasteiger partial charge in [-0.05, 0) is 50.6 Å². The van der Waals surface area contributed by atoms with Gasteiger partial charge < -0.3 is 15.0 Å². The fourth-order valence-electron chi connectivity index (χ4n) is 2.60. The minimum absolute atomic E-state index is 0.145. The van der Waals surface area contributed by atoms with E-state index in [4.69, 9.17) is 16.3 Å². The molecule has 144 valence electrons. The Kier molecular flexibility index (Phi) is 7.67. The average molecular weight is 389 g/mol. The smallest absolute Gasteiger partial charge is 0.261 e. The molecule has 0 unspecified atom stereocenters. The van der Waals surface area contributed by atoms with Crippen LogP contribution in [0.15, 0.2) is 48.5 Å². The van der Waals surface area contributed by atoms with E-state index in [1.165, 1.54) is 4.90 Å². The number of ether oxygens (including phenoxy) is 1. The molecule has 0 fully saturated rings. The maximum Gasteiger partial charge on any atom is 0.261 e. The van der Waals surface area contributed by atoms with E-state index in [0.29, 0.717) is 17.3 Å². The van der Waals surface area contributed by atoms with Crippen LogP contribution in [0.3, 0.4) is 0 Å². The van der Waals surface area contributed by atoms with Gasteiger partial charge in [-0.2, -0.15) is 0 Å². The van der Waals surface area contributed by atoms with Gasteiger partial charge in [0.05, 0.1) is 0 Å². The number of carbonyl (C=O) groups excluding carboxylic acids is 2. The third kappa shape index (κ3) is 6.29. The van der Waals surface area contributed by atoms with Crippen molar-refractivity contribution in [3.05, 3.63) is 64.7 Å². The number of halogens is 1. The molecule has 0 aliphatic rings. The summed E-state index contributed by atoms with van der Waals surface area (Å²) in [5.41, 5.74) is 1.96. The molecule has 1 N–H and O–H groups in total. The Bertz CT molecular complexity index is 777. The van der Waals surface area contributed by atoms with Crippen molar-refractivity contribution < 1.29 is 14.3 Å². The van der Waals surface area contributed by atoms with Gasteiger partial charge in [-0.3, -0.25) is 9.59 Å². The van der Waals surface area contributed by atoms with E-state index in [2.05, 4.69) is 5.32 Å². The highest BCUT2D eigenvalue weighted by Gasteiger charge is 2.26. The molecule has 0 spiro atoms. The first-order valence-corrected chi connectivity index (χ1v) is 9.29. The first kappa shape index (κ1) is 20.8. The van der Waals surface area contributed by atoms with Gasteiger partial charge in [0.1, 0.15) is 11.8 Å². The Morgan fingerprint density at radius 2 is 1.89 bits per heavy atom. The molecule has 0 heterocycles. The lowest BCUT2D eigenvalue weighted by molar-refractivity contribution is -0.142. The Morgan fingerprint density at radius 3 is 2.52 bits per heavy atom. The zero-order chi connectivity index (χ0) is 19.8. The molecule has 6 heteroatoms. The number of benzene rings is 2. The van der Waals surface area contributed by atoms with Crippen LogP contribution in [0.2, 0.25) is 5.02 Å². The standard InChI is InChI=1S/C21H25ClN2O3/c1-4-23-21(26)16(3)24(13-17-6-5-7-18(22)12-17)20(25)14-27-19-10-8-15(2)9-11-19/h5-12,16H,4,13-14H2,1-3H3,(H,23,26)/t16-/m0/s1. The monoisotopic (exact) mass is 388 g/mol. The highest BCUT2D eigenvalue weighted by atomic mass is 35.5. The predicted molar refractivity (Wildman–Crippen MR) is 107 cm³/mol. The highest BCUT2D eigenvalue weighted by Crippen LogP contribution is 2.16. The Labute approximate surface area is 165 Å². The maximum atomic E-state index is 12.8. The van der Waals surface area contributed by atoms with Crippen LogP contribution < -0.4 is 10.1 Å². The molecule has 0 aromatic heterocycles. The lowest BCUT2D eigenvalue weighted by atomic mass is 10.1. The van der Waals surface area contributed by atoms with Crippen LogP contribution in [0.1, 0.15) is 25.0 Å². The molecule has 0 radical (unpaired) electrons. The van der Waals surface area contributed by atoms with Gasteiger partial charge in [-0.15, -0.1) is 0 Å². The van der Waals surface area contributed by atoms with Crippen molar-refractivity contribution in [1.82, 2.24) is 10.2 Å². The molecule has 0 saturated heterocycles. The molecule has 2 rings (SSSR count). The third-order valence-corrected chi connectivity index (χ3v) is 4.38. The Balaban J connectivity index is 2.12. The van der Waals surface area contributed by atoms with Gasteiger partial charge in [-0.25, -0.2) is 0 Å². The quantitative estimate of drug-likeness (QED) is 0.751. The molecule has 0 aliphatic carbocycles. The topological polar surface area (TPSA) is 58.6 Å². The summed E-state index contributed by atoms with van der Waals surface area (Å²) in [7, 11) is 0. The predicted octanol–water partition coefficient (Wildman–Crippen LogP) is 3.58. The normalized spacial score (nSPS) is 11.6. The Morgan fingerprint density at radius 1 is 1.19 bits per heavy atom. The fraction of sp³-hybridized carbons (Fsp3) is 0.333. The summed E-state index contributed by atoms with van der Waals surface area (Å²) in [6.07, 6.45) is 0. The van der Waals surface area contributed by atoms with E-state index >= 15 is 0 Å². The first-order chi connectivity index (χ1) is 12.9. The molecule has 1 atom stereocenters. The number of nitrogens with one attached hydrogen (secondary N) is 1. The van der Waals surface area contributed by atoms with Crippen LogP contribution in [-0.4, -0.2) is 35.9 Å². The van der Waals surface area contributed by atoms with Crippen LogP contribution in [0, 0.1) is 6.92 Å². The number of nitrogens with zero attached hydrogens (tertiary/aromatic N) is 1. The van der Waals surface area contributed by atoms with Crippen LogP contribution in [-0.2, 0) is 16.1 Å². The van der Waals surface area contributed by atoms with Gasteiger partial charge in [0.2, 0.25) is 5.91 Å². The van der Waals surface area contributed by atoms with E-state index in [1.807, 2.05) is 50.2 Å². The lowest BCUT2D eigenvalue weighted by Gasteiger charge is -2.28. The SMILES string of the molecule is CCNC(=O)[C@H](C)N(Cc1cccc(Cl)c1)C(=O)COc1ccc(C)cc1. The highest BCUT2D eigenvalue weighted by molar-refractivity contribution is 6.30. The number of amides is 2. The summed E-state index contributed by atoms with van der Waals surface area (Å²) in [4.78, 5) is 26.6. The molecular formula is C21H25ClN2O3. The summed E-state index contributed by atoms with van der Waals surface area (Å²) in [6.45, 7) is 6.16. The number of rotatable bonds is 8. The fourth-order valence-corrected chi connectivity index (χ4v) is 2.81. The molecule has 2 aromatic rings. The van der Waals surface area contributed by atoms with Crippen LogP contribution in [0.25, 0.3) is 0 Å². The minimum Gasteiger partial charge on any atom is -0.484 e. The second-order valence-corrected chi connectivity index (χ2v) is 6.76. The van der Waals surface area contributed by atoms with E-state index in [1.54, 1.807) is 19.1 Å². The molecule has 0 bridgehead atoms. The third-order valence-electron chi connectivity index (χ3n) is 4.14. The summed E-state index contributed by atoms with van der Waals surface area (Å²) in [5, 5.41) is 3.34. The van der Waals surface area contributed by atoms with Gasteiger partial charge in [0.25, 0.3) is 5.91 Å². The number of aryl methyl sites for hydroxylation is 1.